The highest BCUT2D eigenvalue weighted by Crippen LogP contribution is 2.78. The van der Waals surface area contributed by atoms with Crippen molar-refractivity contribution >= 4 is 7.92 Å². The molecule has 2 atom stereocenters. The number of benzene rings is 1. The van der Waals surface area contributed by atoms with Crippen LogP contribution in [0.2, 0.25) is 0 Å². The lowest BCUT2D eigenvalue weighted by Crippen LogP contribution is -2.60. The molecule has 31 heavy (non-hydrogen) atoms. The van der Waals surface area contributed by atoms with E-state index in [1.54, 1.807) is 7.11 Å². The topological polar surface area (TPSA) is 30.9 Å². The van der Waals surface area contributed by atoms with Crippen LogP contribution in [0.5, 0.6) is 0 Å². The lowest BCUT2D eigenvalue weighted by Gasteiger charge is -2.64. The number of likely N-dealkylation sites (N-methyl/N-ethyl adjacent to an activating group) is 1. The van der Waals surface area contributed by atoms with E-state index in [1.165, 1.54) is 5.56 Å². The van der Waals surface area contributed by atoms with E-state index in [1.807, 2.05) is 0 Å². The third-order valence-corrected chi connectivity index (χ3v) is 11.4. The standard InChI is InChI=1S/C26H38NO3P/c1-23(2)18-25(29-16-17-30-25)19-24(3,4)31(23)26(27(5)6)15-11-14-21(28-7)22(26)20-12-9-8-10-13-20/h8-15,22H,16-19H2,1-7H3. The summed E-state index contributed by atoms with van der Waals surface area (Å²) in [5.74, 6) is 0.716. The van der Waals surface area contributed by atoms with Gasteiger partial charge in [-0.15, -0.1) is 0 Å². The lowest BCUT2D eigenvalue weighted by atomic mass is 9.84. The van der Waals surface area contributed by atoms with Gasteiger partial charge < -0.3 is 14.2 Å². The number of ether oxygens (including phenoxy) is 3. The Balaban J connectivity index is 1.90. The van der Waals surface area contributed by atoms with Gasteiger partial charge in [0.1, 0.15) is 5.76 Å². The van der Waals surface area contributed by atoms with Crippen molar-refractivity contribution in [3.8, 4) is 0 Å². The highest BCUT2D eigenvalue weighted by molar-refractivity contribution is 7.62. The first-order valence-corrected chi connectivity index (χ1v) is 12.7. The molecule has 5 heteroatoms. The number of hydrogen-bond acceptors (Lipinski definition) is 4. The second-order valence-corrected chi connectivity index (χ2v) is 14.4. The third-order valence-electron chi connectivity index (χ3n) is 7.18. The van der Waals surface area contributed by atoms with Crippen molar-refractivity contribution in [1.29, 1.82) is 0 Å². The van der Waals surface area contributed by atoms with E-state index in [2.05, 4.69) is 95.3 Å². The maximum atomic E-state index is 6.26. The Kier molecular flexibility index (Phi) is 5.92. The van der Waals surface area contributed by atoms with Crippen LogP contribution < -0.4 is 0 Å². The molecule has 1 aliphatic carbocycles. The lowest BCUT2D eigenvalue weighted by molar-refractivity contribution is -0.179. The summed E-state index contributed by atoms with van der Waals surface area (Å²) in [6, 6.07) is 10.9. The second kappa shape index (κ2) is 7.99. The summed E-state index contributed by atoms with van der Waals surface area (Å²) in [5.41, 5.74) is 1.30. The van der Waals surface area contributed by atoms with Gasteiger partial charge >= 0.3 is 0 Å². The number of nitrogens with zero attached hydrogens (tertiary/aromatic N) is 1. The van der Waals surface area contributed by atoms with Crippen molar-refractivity contribution < 1.29 is 14.2 Å². The van der Waals surface area contributed by atoms with E-state index in [0.29, 0.717) is 13.2 Å². The van der Waals surface area contributed by atoms with Gasteiger partial charge in [0.25, 0.3) is 0 Å². The van der Waals surface area contributed by atoms with Crippen LogP contribution >= 0.6 is 7.92 Å². The van der Waals surface area contributed by atoms with Crippen molar-refractivity contribution in [2.24, 2.45) is 0 Å². The van der Waals surface area contributed by atoms with E-state index in [4.69, 9.17) is 14.2 Å². The van der Waals surface area contributed by atoms with Crippen LogP contribution in [-0.2, 0) is 14.2 Å². The first-order chi connectivity index (χ1) is 14.6. The van der Waals surface area contributed by atoms with Gasteiger partial charge in [0.05, 0.1) is 31.5 Å². The molecule has 4 rings (SSSR count). The van der Waals surface area contributed by atoms with Gasteiger partial charge in [-0.05, 0) is 36.0 Å². The van der Waals surface area contributed by atoms with Crippen LogP contribution in [0.25, 0.3) is 0 Å². The fourth-order valence-electron chi connectivity index (χ4n) is 6.77. The molecule has 2 heterocycles. The van der Waals surface area contributed by atoms with Gasteiger partial charge in [-0.2, -0.15) is 0 Å². The number of allylic oxidation sites excluding steroid dienone is 2. The Morgan fingerprint density at radius 3 is 2.06 bits per heavy atom. The molecular formula is C26H38NO3P. The Morgan fingerprint density at radius 1 is 0.968 bits per heavy atom. The van der Waals surface area contributed by atoms with Crippen LogP contribution in [0.15, 0.2) is 54.3 Å². The summed E-state index contributed by atoms with van der Waals surface area (Å²) < 4.78 is 18.5. The molecule has 0 amide bonds. The second-order valence-electron chi connectivity index (χ2n) is 10.6. The molecule has 2 fully saturated rings. The highest BCUT2D eigenvalue weighted by Gasteiger charge is 2.64. The molecule has 0 aromatic heterocycles. The average molecular weight is 444 g/mol. The first-order valence-electron chi connectivity index (χ1n) is 11.3. The zero-order valence-corrected chi connectivity index (χ0v) is 21.0. The molecule has 1 spiro atoms. The number of methoxy groups -OCH3 is 1. The molecule has 0 N–H and O–H groups in total. The van der Waals surface area contributed by atoms with Crippen LogP contribution in [0.3, 0.4) is 0 Å². The number of rotatable bonds is 4. The quantitative estimate of drug-likeness (QED) is 0.558. The highest BCUT2D eigenvalue weighted by atomic mass is 31.1. The van der Waals surface area contributed by atoms with Crippen molar-refractivity contribution in [2.75, 3.05) is 34.4 Å². The van der Waals surface area contributed by atoms with Gasteiger partial charge in [-0.25, -0.2) is 0 Å². The van der Waals surface area contributed by atoms with Gasteiger partial charge in [0, 0.05) is 12.8 Å². The average Bonchev–Trinajstić information content (AvgIpc) is 3.12. The van der Waals surface area contributed by atoms with Crippen molar-refractivity contribution in [3.05, 3.63) is 59.9 Å². The molecule has 170 valence electrons. The van der Waals surface area contributed by atoms with Crippen molar-refractivity contribution in [1.82, 2.24) is 4.90 Å². The number of hydrogen-bond donors (Lipinski definition) is 0. The molecule has 0 saturated carbocycles. The minimum Gasteiger partial charge on any atom is -0.500 e. The maximum Gasteiger partial charge on any atom is 0.170 e. The van der Waals surface area contributed by atoms with Crippen LogP contribution in [-0.4, -0.2) is 60.7 Å². The minimum atomic E-state index is -0.579. The molecule has 4 nitrogen and oxygen atoms in total. The van der Waals surface area contributed by atoms with Crippen LogP contribution in [0.4, 0.5) is 0 Å². The van der Waals surface area contributed by atoms with E-state index >= 15 is 0 Å². The molecule has 0 bridgehead atoms. The molecular weight excluding hydrogens is 405 g/mol. The van der Waals surface area contributed by atoms with Gasteiger partial charge in [-0.3, -0.25) is 4.90 Å². The molecule has 2 saturated heterocycles. The summed E-state index contributed by atoms with van der Waals surface area (Å²) in [7, 11) is 5.70. The third kappa shape index (κ3) is 3.70. The Hall–Kier alpha value is -1.19. The van der Waals surface area contributed by atoms with Crippen LogP contribution in [0.1, 0.15) is 52.0 Å². The zero-order chi connectivity index (χ0) is 22.5. The maximum absolute atomic E-state index is 6.26. The Morgan fingerprint density at radius 2 is 1.55 bits per heavy atom. The molecule has 1 aromatic rings. The summed E-state index contributed by atoms with van der Waals surface area (Å²) in [6.45, 7) is 11.1. The van der Waals surface area contributed by atoms with Crippen LogP contribution in [0, 0.1) is 0 Å². The molecule has 3 aliphatic rings. The van der Waals surface area contributed by atoms with Gasteiger partial charge in [-0.1, -0.05) is 78.1 Å². The van der Waals surface area contributed by atoms with E-state index < -0.39 is 13.7 Å². The SMILES string of the molecule is COC1=CC=CC(N(C)C)(P2C(C)(C)CC3(CC2(C)C)OCCO3)C1c1ccccc1. The van der Waals surface area contributed by atoms with Gasteiger partial charge in [0.2, 0.25) is 0 Å². The summed E-state index contributed by atoms with van der Waals surface area (Å²) >= 11 is 0. The molecule has 1 aromatic carbocycles. The van der Waals surface area contributed by atoms with E-state index in [9.17, 15) is 0 Å². The monoisotopic (exact) mass is 443 g/mol. The van der Waals surface area contributed by atoms with E-state index in [0.717, 1.165) is 18.6 Å². The van der Waals surface area contributed by atoms with Crippen molar-refractivity contribution in [2.45, 2.75) is 67.8 Å². The Bertz CT molecular complexity index is 835. The Labute approximate surface area is 189 Å². The largest absolute Gasteiger partial charge is 0.500 e. The smallest absolute Gasteiger partial charge is 0.170 e. The fraction of sp³-hybridized carbons (Fsp3) is 0.615. The molecule has 0 radical (unpaired) electrons. The zero-order valence-electron chi connectivity index (χ0n) is 20.1. The summed E-state index contributed by atoms with van der Waals surface area (Å²) in [6.07, 6.45) is 8.65. The first kappa shape index (κ1) is 23.0. The fourth-order valence-corrected chi connectivity index (χ4v) is 12.3. The summed E-state index contributed by atoms with van der Waals surface area (Å²) in [5, 5.41) is -0.109. The molecule has 2 unspecified atom stereocenters. The van der Waals surface area contributed by atoms with Gasteiger partial charge in [0.15, 0.2) is 5.79 Å². The predicted molar refractivity (Wildman–Crippen MR) is 129 cm³/mol. The van der Waals surface area contributed by atoms with E-state index in [-0.39, 0.29) is 21.5 Å². The predicted octanol–water partition coefficient (Wildman–Crippen LogP) is 5.70. The molecule has 2 aliphatic heterocycles. The van der Waals surface area contributed by atoms with Crippen molar-refractivity contribution in [3.63, 3.8) is 0 Å². The summed E-state index contributed by atoms with van der Waals surface area (Å²) in [4.78, 5) is 2.46. The normalized spacial score (nSPS) is 31.7. The minimum absolute atomic E-state index is 0.0409.